The third-order valence-electron chi connectivity index (χ3n) is 2.28. The van der Waals surface area contributed by atoms with Crippen LogP contribution in [-0.2, 0) is 9.53 Å². The Hall–Kier alpha value is -0.570. The van der Waals surface area contributed by atoms with Crippen LogP contribution in [-0.4, -0.2) is 25.2 Å². The lowest BCUT2D eigenvalue weighted by Crippen LogP contribution is -2.45. The van der Waals surface area contributed by atoms with Gasteiger partial charge >= 0.3 is 5.97 Å². The minimum Gasteiger partial charge on any atom is -0.464 e. The van der Waals surface area contributed by atoms with Crippen molar-refractivity contribution in [2.75, 3.05) is 13.7 Å². The molecule has 0 aromatic heterocycles. The van der Waals surface area contributed by atoms with E-state index in [1.165, 1.54) is 12.8 Å². The summed E-state index contributed by atoms with van der Waals surface area (Å²) in [6, 6.07) is 0. The number of carbonyl (C=O) groups excluding carboxylic acids is 1. The number of nitrogens with one attached hydrogen (secondary N) is 1. The van der Waals surface area contributed by atoms with E-state index in [0.29, 0.717) is 12.5 Å². The smallest absolute Gasteiger partial charge is 0.325 e. The molecule has 1 aliphatic carbocycles. The van der Waals surface area contributed by atoms with Gasteiger partial charge in [0.15, 0.2) is 0 Å². The van der Waals surface area contributed by atoms with Crippen LogP contribution in [0.4, 0.5) is 0 Å². The van der Waals surface area contributed by atoms with Crippen LogP contribution in [0.25, 0.3) is 0 Å². The minimum atomic E-state index is -0.547. The highest BCUT2D eigenvalue weighted by molar-refractivity contribution is 5.79. The summed E-state index contributed by atoms with van der Waals surface area (Å²) < 4.78 is 5.12. The minimum absolute atomic E-state index is 0.156. The summed E-state index contributed by atoms with van der Waals surface area (Å²) in [5.74, 6) is 0.485. The molecule has 1 saturated carbocycles. The second-order valence-corrected chi connectivity index (χ2v) is 3.92. The molecule has 1 rings (SSSR count). The first-order valence-electron chi connectivity index (χ1n) is 4.42. The predicted octanol–water partition coefficient (Wildman–Crippen LogP) is 0.938. The van der Waals surface area contributed by atoms with Crippen LogP contribution in [0.5, 0.6) is 0 Å². The molecule has 1 N–H and O–H groups in total. The van der Waals surface area contributed by atoms with Gasteiger partial charge in [0.2, 0.25) is 0 Å². The third kappa shape index (κ3) is 2.48. The highest BCUT2D eigenvalue weighted by atomic mass is 16.5. The molecule has 0 amide bonds. The Morgan fingerprint density at radius 1 is 1.58 bits per heavy atom. The molecule has 0 atom stereocenters. The van der Waals surface area contributed by atoms with Crippen molar-refractivity contribution >= 4 is 5.97 Å². The van der Waals surface area contributed by atoms with Crippen LogP contribution < -0.4 is 5.32 Å². The van der Waals surface area contributed by atoms with Crippen molar-refractivity contribution in [3.05, 3.63) is 0 Å². The van der Waals surface area contributed by atoms with Crippen molar-refractivity contribution in [3.8, 4) is 0 Å². The molecular weight excluding hydrogens is 154 g/mol. The van der Waals surface area contributed by atoms with E-state index < -0.39 is 5.54 Å². The van der Waals surface area contributed by atoms with Crippen molar-refractivity contribution in [1.82, 2.24) is 5.32 Å². The SMILES string of the molecule is CNC(C)(C)C(=O)OCC1CC1. The third-order valence-corrected chi connectivity index (χ3v) is 2.28. The van der Waals surface area contributed by atoms with Gasteiger partial charge in [0.1, 0.15) is 5.54 Å². The van der Waals surface area contributed by atoms with Gasteiger partial charge in [-0.3, -0.25) is 4.79 Å². The number of hydrogen-bond acceptors (Lipinski definition) is 3. The molecule has 0 spiro atoms. The molecule has 3 heteroatoms. The van der Waals surface area contributed by atoms with Gasteiger partial charge < -0.3 is 10.1 Å². The number of rotatable bonds is 4. The molecule has 0 bridgehead atoms. The monoisotopic (exact) mass is 171 g/mol. The summed E-state index contributed by atoms with van der Waals surface area (Å²) in [5, 5.41) is 2.91. The zero-order valence-corrected chi connectivity index (χ0v) is 8.02. The average molecular weight is 171 g/mol. The fourth-order valence-corrected chi connectivity index (χ4v) is 0.761. The first kappa shape index (κ1) is 9.52. The second-order valence-electron chi connectivity index (χ2n) is 3.92. The van der Waals surface area contributed by atoms with Gasteiger partial charge in [0, 0.05) is 0 Å². The molecule has 0 aromatic rings. The zero-order valence-electron chi connectivity index (χ0n) is 8.02. The normalized spacial score (nSPS) is 17.6. The topological polar surface area (TPSA) is 38.3 Å². The van der Waals surface area contributed by atoms with Gasteiger partial charge in [0.25, 0.3) is 0 Å². The Kier molecular flexibility index (Phi) is 2.73. The van der Waals surface area contributed by atoms with Gasteiger partial charge in [-0.25, -0.2) is 0 Å². The summed E-state index contributed by atoms with van der Waals surface area (Å²) in [4.78, 5) is 11.3. The van der Waals surface area contributed by atoms with E-state index in [9.17, 15) is 4.79 Å². The molecule has 70 valence electrons. The second kappa shape index (κ2) is 3.44. The van der Waals surface area contributed by atoms with Crippen LogP contribution in [0.15, 0.2) is 0 Å². The Morgan fingerprint density at radius 3 is 2.58 bits per heavy atom. The molecule has 12 heavy (non-hydrogen) atoms. The lowest BCUT2D eigenvalue weighted by molar-refractivity contribution is -0.150. The van der Waals surface area contributed by atoms with E-state index in [1.807, 2.05) is 13.8 Å². The van der Waals surface area contributed by atoms with Gasteiger partial charge in [-0.15, -0.1) is 0 Å². The number of hydrogen-bond donors (Lipinski definition) is 1. The van der Waals surface area contributed by atoms with Crippen LogP contribution in [0.2, 0.25) is 0 Å². The standard InChI is InChI=1S/C9H17NO2/c1-9(2,10-3)8(11)12-6-7-4-5-7/h7,10H,4-6H2,1-3H3. The Morgan fingerprint density at radius 2 is 2.17 bits per heavy atom. The largest absolute Gasteiger partial charge is 0.464 e. The first-order valence-corrected chi connectivity index (χ1v) is 4.42. The van der Waals surface area contributed by atoms with E-state index in [-0.39, 0.29) is 5.97 Å². The number of carbonyl (C=O) groups is 1. The molecule has 0 aliphatic heterocycles. The average Bonchev–Trinajstić information content (AvgIpc) is 2.83. The first-order chi connectivity index (χ1) is 5.56. The molecule has 1 aliphatic rings. The van der Waals surface area contributed by atoms with Crippen LogP contribution >= 0.6 is 0 Å². The summed E-state index contributed by atoms with van der Waals surface area (Å²) in [6.07, 6.45) is 2.43. The summed E-state index contributed by atoms with van der Waals surface area (Å²) in [5.41, 5.74) is -0.547. The molecule has 0 saturated heterocycles. The molecule has 0 heterocycles. The molecule has 1 fully saturated rings. The van der Waals surface area contributed by atoms with E-state index in [1.54, 1.807) is 7.05 Å². The quantitative estimate of drug-likeness (QED) is 0.640. The summed E-state index contributed by atoms with van der Waals surface area (Å²) in [6.45, 7) is 4.24. The Labute approximate surface area is 73.5 Å². The fraction of sp³-hybridized carbons (Fsp3) is 0.889. The van der Waals surface area contributed by atoms with Crippen LogP contribution in [0.1, 0.15) is 26.7 Å². The van der Waals surface area contributed by atoms with Crippen molar-refractivity contribution < 1.29 is 9.53 Å². The van der Waals surface area contributed by atoms with E-state index in [4.69, 9.17) is 4.74 Å². The lowest BCUT2D eigenvalue weighted by atomic mass is 10.1. The van der Waals surface area contributed by atoms with Crippen molar-refractivity contribution in [1.29, 1.82) is 0 Å². The van der Waals surface area contributed by atoms with Gasteiger partial charge in [-0.2, -0.15) is 0 Å². The van der Waals surface area contributed by atoms with Gasteiger partial charge in [0.05, 0.1) is 6.61 Å². The number of esters is 1. The predicted molar refractivity (Wildman–Crippen MR) is 46.8 cm³/mol. The summed E-state index contributed by atoms with van der Waals surface area (Å²) in [7, 11) is 1.76. The Bertz CT molecular complexity index is 173. The van der Waals surface area contributed by atoms with Gasteiger partial charge in [-0.1, -0.05) is 0 Å². The maximum Gasteiger partial charge on any atom is 0.325 e. The number of likely N-dealkylation sites (N-methyl/N-ethyl adjacent to an activating group) is 1. The lowest BCUT2D eigenvalue weighted by Gasteiger charge is -2.21. The van der Waals surface area contributed by atoms with E-state index in [0.717, 1.165) is 0 Å². The zero-order chi connectivity index (χ0) is 9.19. The molecule has 0 radical (unpaired) electrons. The molecular formula is C9H17NO2. The fourth-order valence-electron chi connectivity index (χ4n) is 0.761. The van der Waals surface area contributed by atoms with Crippen molar-refractivity contribution in [3.63, 3.8) is 0 Å². The van der Waals surface area contributed by atoms with Gasteiger partial charge in [-0.05, 0) is 39.7 Å². The summed E-state index contributed by atoms with van der Waals surface area (Å²) >= 11 is 0. The highest BCUT2D eigenvalue weighted by Crippen LogP contribution is 2.29. The molecule has 3 nitrogen and oxygen atoms in total. The van der Waals surface area contributed by atoms with Crippen molar-refractivity contribution in [2.24, 2.45) is 5.92 Å². The van der Waals surface area contributed by atoms with E-state index >= 15 is 0 Å². The highest BCUT2D eigenvalue weighted by Gasteiger charge is 2.29. The van der Waals surface area contributed by atoms with Crippen LogP contribution in [0, 0.1) is 5.92 Å². The molecule has 0 aromatic carbocycles. The molecule has 0 unspecified atom stereocenters. The van der Waals surface area contributed by atoms with E-state index in [2.05, 4.69) is 5.32 Å². The maximum absolute atomic E-state index is 11.3. The Balaban J connectivity index is 2.25. The number of ether oxygens (including phenoxy) is 1. The van der Waals surface area contributed by atoms with Crippen LogP contribution in [0.3, 0.4) is 0 Å². The maximum atomic E-state index is 11.3. The van der Waals surface area contributed by atoms with Crippen molar-refractivity contribution in [2.45, 2.75) is 32.2 Å².